The van der Waals surface area contributed by atoms with Gasteiger partial charge in [0, 0.05) is 0 Å². The molecule has 3 heteroatoms. The second-order valence-corrected chi connectivity index (χ2v) is 5.59. The molecule has 3 rings (SSSR count). The third-order valence-corrected chi connectivity index (χ3v) is 4.07. The largest absolute Gasteiger partial charge is 0.295 e. The Kier molecular flexibility index (Phi) is 3.98. The lowest BCUT2D eigenvalue weighted by atomic mass is 10.1. The van der Waals surface area contributed by atoms with Crippen molar-refractivity contribution in [2.45, 2.75) is 32.6 Å². The summed E-state index contributed by atoms with van der Waals surface area (Å²) < 4.78 is 2.21. The second-order valence-electron chi connectivity index (χ2n) is 5.32. The van der Waals surface area contributed by atoms with Crippen molar-refractivity contribution in [1.82, 2.24) is 9.55 Å². The van der Waals surface area contributed by atoms with E-state index in [0.29, 0.717) is 5.88 Å². The lowest BCUT2D eigenvalue weighted by Crippen LogP contribution is -2.03. The van der Waals surface area contributed by atoms with Crippen molar-refractivity contribution in [3.8, 4) is 5.69 Å². The molecule has 21 heavy (non-hydrogen) atoms. The van der Waals surface area contributed by atoms with Gasteiger partial charge in [0.2, 0.25) is 0 Å². The van der Waals surface area contributed by atoms with Crippen LogP contribution in [-0.4, -0.2) is 9.55 Å². The molecule has 0 spiro atoms. The van der Waals surface area contributed by atoms with E-state index in [1.807, 2.05) is 0 Å². The SMILES string of the molecule is CCCc1ccccc1-n1c(CCl)nc2c(C)cccc21. The van der Waals surface area contributed by atoms with Gasteiger partial charge >= 0.3 is 0 Å². The highest BCUT2D eigenvalue weighted by Crippen LogP contribution is 2.27. The van der Waals surface area contributed by atoms with E-state index in [1.54, 1.807) is 0 Å². The maximum absolute atomic E-state index is 6.15. The first-order valence-corrected chi connectivity index (χ1v) is 7.91. The lowest BCUT2D eigenvalue weighted by Gasteiger charge is -2.13. The van der Waals surface area contributed by atoms with E-state index in [9.17, 15) is 0 Å². The van der Waals surface area contributed by atoms with Crippen LogP contribution < -0.4 is 0 Å². The highest BCUT2D eigenvalue weighted by molar-refractivity contribution is 6.17. The molecule has 0 amide bonds. The Morgan fingerprint density at radius 3 is 2.67 bits per heavy atom. The van der Waals surface area contributed by atoms with Crippen molar-refractivity contribution in [1.29, 1.82) is 0 Å². The molecule has 0 atom stereocenters. The van der Waals surface area contributed by atoms with Gasteiger partial charge in [0.1, 0.15) is 5.82 Å². The molecular weight excluding hydrogens is 280 g/mol. The molecule has 0 radical (unpaired) electrons. The van der Waals surface area contributed by atoms with Gasteiger partial charge in [-0.3, -0.25) is 4.57 Å². The minimum atomic E-state index is 0.411. The standard InChI is InChI=1S/C18H19ClN2/c1-3-7-14-9-4-5-10-15(14)21-16-11-6-8-13(2)18(16)20-17(21)12-19/h4-6,8-11H,3,7,12H2,1-2H3. The zero-order valence-electron chi connectivity index (χ0n) is 12.4. The van der Waals surface area contributed by atoms with Crippen LogP contribution in [0.2, 0.25) is 0 Å². The first kappa shape index (κ1) is 14.2. The number of nitrogens with zero attached hydrogens (tertiary/aromatic N) is 2. The molecule has 1 aromatic heterocycles. The monoisotopic (exact) mass is 298 g/mol. The molecule has 0 bridgehead atoms. The minimum absolute atomic E-state index is 0.411. The van der Waals surface area contributed by atoms with Crippen molar-refractivity contribution in [2.75, 3.05) is 0 Å². The van der Waals surface area contributed by atoms with Gasteiger partial charge in [0.15, 0.2) is 0 Å². The highest BCUT2D eigenvalue weighted by Gasteiger charge is 2.14. The number of aromatic nitrogens is 2. The number of hydrogen-bond acceptors (Lipinski definition) is 1. The highest BCUT2D eigenvalue weighted by atomic mass is 35.5. The van der Waals surface area contributed by atoms with Gasteiger partial charge in [-0.1, -0.05) is 43.7 Å². The van der Waals surface area contributed by atoms with Crippen LogP contribution in [0.5, 0.6) is 0 Å². The molecule has 0 fully saturated rings. The van der Waals surface area contributed by atoms with Crippen molar-refractivity contribution < 1.29 is 0 Å². The lowest BCUT2D eigenvalue weighted by molar-refractivity contribution is 0.889. The Morgan fingerprint density at radius 2 is 1.90 bits per heavy atom. The first-order chi connectivity index (χ1) is 10.3. The summed E-state index contributed by atoms with van der Waals surface area (Å²) in [4.78, 5) is 4.74. The van der Waals surface area contributed by atoms with Gasteiger partial charge in [-0.05, 0) is 36.6 Å². The number of halogens is 1. The fourth-order valence-corrected chi connectivity index (χ4v) is 3.03. The normalized spacial score (nSPS) is 11.2. The van der Waals surface area contributed by atoms with Gasteiger partial charge < -0.3 is 0 Å². The van der Waals surface area contributed by atoms with E-state index in [4.69, 9.17) is 16.6 Å². The number of para-hydroxylation sites is 2. The molecule has 2 aromatic carbocycles. The van der Waals surface area contributed by atoms with Crippen molar-refractivity contribution in [3.05, 3.63) is 59.4 Å². The molecule has 3 aromatic rings. The van der Waals surface area contributed by atoms with Crippen LogP contribution in [0, 0.1) is 6.92 Å². The van der Waals surface area contributed by atoms with Crippen LogP contribution in [-0.2, 0) is 12.3 Å². The van der Waals surface area contributed by atoms with Gasteiger partial charge in [0.05, 0.1) is 22.6 Å². The van der Waals surface area contributed by atoms with Crippen LogP contribution >= 0.6 is 11.6 Å². The molecule has 108 valence electrons. The van der Waals surface area contributed by atoms with Crippen LogP contribution in [0.1, 0.15) is 30.3 Å². The topological polar surface area (TPSA) is 17.8 Å². The fraction of sp³-hybridized carbons (Fsp3) is 0.278. The molecule has 0 aliphatic heterocycles. The van der Waals surface area contributed by atoms with Crippen molar-refractivity contribution in [3.63, 3.8) is 0 Å². The molecule has 0 saturated carbocycles. The maximum atomic E-state index is 6.15. The number of hydrogen-bond donors (Lipinski definition) is 0. The molecule has 0 unspecified atom stereocenters. The van der Waals surface area contributed by atoms with E-state index in [-0.39, 0.29) is 0 Å². The third-order valence-electron chi connectivity index (χ3n) is 3.83. The molecule has 0 aliphatic carbocycles. The van der Waals surface area contributed by atoms with E-state index in [0.717, 1.165) is 29.7 Å². The average Bonchev–Trinajstić information content (AvgIpc) is 2.88. The number of benzene rings is 2. The summed E-state index contributed by atoms with van der Waals surface area (Å²) in [5.41, 5.74) is 5.90. The summed E-state index contributed by atoms with van der Waals surface area (Å²) >= 11 is 6.15. The number of rotatable bonds is 4. The molecule has 0 saturated heterocycles. The van der Waals surface area contributed by atoms with Crippen LogP contribution in [0.25, 0.3) is 16.7 Å². The second kappa shape index (κ2) is 5.90. The summed E-state index contributed by atoms with van der Waals surface area (Å²) in [6.07, 6.45) is 2.18. The maximum Gasteiger partial charge on any atom is 0.129 e. The Morgan fingerprint density at radius 1 is 1.10 bits per heavy atom. The zero-order valence-corrected chi connectivity index (χ0v) is 13.2. The van der Waals surface area contributed by atoms with Gasteiger partial charge in [-0.15, -0.1) is 11.6 Å². The van der Waals surface area contributed by atoms with Crippen molar-refractivity contribution in [2.24, 2.45) is 0 Å². The summed E-state index contributed by atoms with van der Waals surface area (Å²) in [6.45, 7) is 4.30. The van der Waals surface area contributed by atoms with E-state index < -0.39 is 0 Å². The fourth-order valence-electron chi connectivity index (χ4n) is 2.86. The summed E-state index contributed by atoms with van der Waals surface area (Å²) in [7, 11) is 0. The predicted octanol–water partition coefficient (Wildman–Crippen LogP) is 5.03. The van der Waals surface area contributed by atoms with Crippen LogP contribution in [0.4, 0.5) is 0 Å². The number of alkyl halides is 1. The van der Waals surface area contributed by atoms with Crippen LogP contribution in [0.15, 0.2) is 42.5 Å². The molecular formula is C18H19ClN2. The van der Waals surface area contributed by atoms with Crippen LogP contribution in [0.3, 0.4) is 0 Å². The number of fused-ring (bicyclic) bond motifs is 1. The third kappa shape index (κ3) is 2.44. The van der Waals surface area contributed by atoms with E-state index >= 15 is 0 Å². The number of aryl methyl sites for hydroxylation is 2. The van der Waals surface area contributed by atoms with Crippen molar-refractivity contribution >= 4 is 22.6 Å². The Balaban J connectivity index is 2.32. The van der Waals surface area contributed by atoms with E-state index in [2.05, 4.69) is 60.9 Å². The molecule has 1 heterocycles. The average molecular weight is 299 g/mol. The Labute approximate surface area is 130 Å². The Bertz CT molecular complexity index is 774. The first-order valence-electron chi connectivity index (χ1n) is 7.37. The smallest absolute Gasteiger partial charge is 0.129 e. The summed E-state index contributed by atoms with van der Waals surface area (Å²) in [5, 5.41) is 0. The Hall–Kier alpha value is -1.80. The number of imidazole rings is 1. The van der Waals surface area contributed by atoms with Gasteiger partial charge in [0.25, 0.3) is 0 Å². The van der Waals surface area contributed by atoms with Gasteiger partial charge in [-0.2, -0.15) is 0 Å². The van der Waals surface area contributed by atoms with E-state index in [1.165, 1.54) is 16.8 Å². The zero-order chi connectivity index (χ0) is 14.8. The minimum Gasteiger partial charge on any atom is -0.295 e. The molecule has 0 N–H and O–H groups in total. The predicted molar refractivity (Wildman–Crippen MR) is 89.4 cm³/mol. The quantitative estimate of drug-likeness (QED) is 0.618. The van der Waals surface area contributed by atoms with Gasteiger partial charge in [-0.25, -0.2) is 4.98 Å². The molecule has 2 nitrogen and oxygen atoms in total. The summed E-state index contributed by atoms with van der Waals surface area (Å²) in [6, 6.07) is 14.8. The molecule has 0 aliphatic rings. The summed E-state index contributed by atoms with van der Waals surface area (Å²) in [5.74, 6) is 1.32.